The van der Waals surface area contributed by atoms with Crippen molar-refractivity contribution in [3.05, 3.63) is 94.6 Å². The number of hydrogen-bond acceptors (Lipinski definition) is 5. The molecule has 1 saturated heterocycles. The highest BCUT2D eigenvalue weighted by atomic mass is 35.5. The van der Waals surface area contributed by atoms with Gasteiger partial charge in [-0.1, -0.05) is 54.1 Å². The zero-order chi connectivity index (χ0) is 22.3. The van der Waals surface area contributed by atoms with Crippen molar-refractivity contribution < 1.29 is 14.6 Å². The maximum atomic E-state index is 11.3. The highest BCUT2D eigenvalue weighted by molar-refractivity contribution is 6.30. The van der Waals surface area contributed by atoms with E-state index in [9.17, 15) is 9.90 Å². The molecule has 0 bridgehead atoms. The number of nitrogens with zero attached hydrogens (tertiary/aromatic N) is 3. The van der Waals surface area contributed by atoms with Gasteiger partial charge in [-0.2, -0.15) is 0 Å². The van der Waals surface area contributed by atoms with Crippen molar-refractivity contribution in [2.45, 2.75) is 6.04 Å². The Labute approximate surface area is 193 Å². The molecular weight excluding hydrogens is 426 g/mol. The summed E-state index contributed by atoms with van der Waals surface area (Å²) in [7, 11) is 0. The lowest BCUT2D eigenvalue weighted by Gasteiger charge is -2.39. The average Bonchev–Trinajstić information content (AvgIpc) is 2.82. The zero-order valence-corrected chi connectivity index (χ0v) is 18.5. The van der Waals surface area contributed by atoms with Gasteiger partial charge in [-0.05, 0) is 35.4 Å². The Hall–Kier alpha value is -2.93. The number of hydrogen-bond donors (Lipinski definition) is 1. The third kappa shape index (κ3) is 5.46. The summed E-state index contributed by atoms with van der Waals surface area (Å²) < 4.78 is 5.67. The van der Waals surface area contributed by atoms with Gasteiger partial charge in [-0.25, -0.2) is 9.78 Å². The normalized spacial score (nSPS) is 15.9. The van der Waals surface area contributed by atoms with Crippen LogP contribution in [0.2, 0.25) is 5.02 Å². The number of piperazine rings is 1. The molecule has 0 amide bonds. The fraction of sp³-hybridized carbons (Fsp3) is 0.280. The number of carbonyl (C=O) groups is 1. The van der Waals surface area contributed by atoms with E-state index in [1.54, 1.807) is 12.3 Å². The summed E-state index contributed by atoms with van der Waals surface area (Å²) in [4.78, 5) is 20.2. The Balaban J connectivity index is 1.36. The summed E-state index contributed by atoms with van der Waals surface area (Å²) in [6.45, 7) is 4.79. The molecule has 0 spiro atoms. The molecule has 3 aromatic rings. The first kappa shape index (κ1) is 22.3. The van der Waals surface area contributed by atoms with Crippen molar-refractivity contribution in [1.82, 2.24) is 14.8 Å². The second-order valence-electron chi connectivity index (χ2n) is 7.75. The molecule has 2 aromatic carbocycles. The maximum absolute atomic E-state index is 11.3. The van der Waals surface area contributed by atoms with Crippen LogP contribution in [-0.2, 0) is 0 Å². The van der Waals surface area contributed by atoms with Crippen LogP contribution in [0.3, 0.4) is 0 Å². The Morgan fingerprint density at radius 1 is 0.969 bits per heavy atom. The topological polar surface area (TPSA) is 65.9 Å². The van der Waals surface area contributed by atoms with Crippen LogP contribution >= 0.6 is 11.6 Å². The predicted molar refractivity (Wildman–Crippen MR) is 124 cm³/mol. The zero-order valence-electron chi connectivity index (χ0n) is 17.7. The number of halogens is 1. The number of ether oxygens (including phenoxy) is 1. The molecule has 2 heterocycles. The van der Waals surface area contributed by atoms with E-state index in [-0.39, 0.29) is 17.5 Å². The highest BCUT2D eigenvalue weighted by Crippen LogP contribution is 2.30. The molecule has 1 atom stereocenters. The first-order valence-corrected chi connectivity index (χ1v) is 11.1. The van der Waals surface area contributed by atoms with E-state index in [2.05, 4.69) is 51.2 Å². The van der Waals surface area contributed by atoms with E-state index in [4.69, 9.17) is 16.3 Å². The molecule has 4 rings (SSSR count). The van der Waals surface area contributed by atoms with Crippen LogP contribution in [-0.4, -0.2) is 65.2 Å². The van der Waals surface area contributed by atoms with Crippen LogP contribution in [0.1, 0.15) is 27.5 Å². The lowest BCUT2D eigenvalue weighted by Crippen LogP contribution is -2.48. The summed E-state index contributed by atoms with van der Waals surface area (Å²) in [5, 5.41) is 9.99. The number of aromatic carboxylic acids is 1. The molecule has 1 aliphatic heterocycles. The Kier molecular flexibility index (Phi) is 7.37. The average molecular weight is 452 g/mol. The smallest absolute Gasteiger partial charge is 0.341 e. The van der Waals surface area contributed by atoms with E-state index < -0.39 is 5.97 Å². The number of carboxylic acid groups (broad SMARTS) is 1. The van der Waals surface area contributed by atoms with Gasteiger partial charge in [-0.15, -0.1) is 0 Å². The molecule has 0 radical (unpaired) electrons. The molecule has 1 aromatic heterocycles. The van der Waals surface area contributed by atoms with E-state index in [0.29, 0.717) is 6.61 Å². The van der Waals surface area contributed by atoms with Gasteiger partial charge in [0.25, 0.3) is 0 Å². The van der Waals surface area contributed by atoms with E-state index in [0.717, 1.165) is 37.7 Å². The first-order valence-electron chi connectivity index (χ1n) is 10.7. The van der Waals surface area contributed by atoms with Crippen LogP contribution < -0.4 is 4.74 Å². The van der Waals surface area contributed by atoms with Gasteiger partial charge < -0.3 is 9.84 Å². The number of aromatic nitrogens is 1. The lowest BCUT2D eigenvalue weighted by atomic mass is 9.96. The third-order valence-electron chi connectivity index (χ3n) is 5.72. The van der Waals surface area contributed by atoms with Crippen LogP contribution in [0.25, 0.3) is 0 Å². The van der Waals surface area contributed by atoms with Gasteiger partial charge in [0.2, 0.25) is 5.88 Å². The van der Waals surface area contributed by atoms with E-state index in [1.165, 1.54) is 17.2 Å². The fourth-order valence-corrected chi connectivity index (χ4v) is 4.21. The highest BCUT2D eigenvalue weighted by Gasteiger charge is 2.26. The van der Waals surface area contributed by atoms with Gasteiger partial charge in [0.15, 0.2) is 0 Å². The molecular formula is C25H26ClN3O3. The van der Waals surface area contributed by atoms with Gasteiger partial charge in [0.1, 0.15) is 12.2 Å². The summed E-state index contributed by atoms with van der Waals surface area (Å²) in [5.41, 5.74) is 2.59. The van der Waals surface area contributed by atoms with Crippen molar-refractivity contribution in [3.63, 3.8) is 0 Å². The van der Waals surface area contributed by atoms with Crippen molar-refractivity contribution in [2.24, 2.45) is 0 Å². The van der Waals surface area contributed by atoms with Gasteiger partial charge in [0, 0.05) is 43.9 Å². The number of rotatable bonds is 8. The standard InChI is InChI=1S/C25H26ClN3O3/c26-21-10-8-20(9-11-21)23(19-5-2-1-3-6-19)29-15-13-28(14-16-29)17-18-32-24-22(25(30)31)7-4-12-27-24/h1-12,23H,13-18H2,(H,30,31). The number of benzene rings is 2. The van der Waals surface area contributed by atoms with Crippen LogP contribution in [0, 0.1) is 0 Å². The Morgan fingerprint density at radius 2 is 1.66 bits per heavy atom. The van der Waals surface area contributed by atoms with Gasteiger partial charge in [0.05, 0.1) is 6.04 Å². The quantitative estimate of drug-likeness (QED) is 0.553. The van der Waals surface area contributed by atoms with Gasteiger partial charge >= 0.3 is 5.97 Å². The Bertz CT molecular complexity index is 1020. The van der Waals surface area contributed by atoms with Crippen molar-refractivity contribution >= 4 is 17.6 Å². The molecule has 1 unspecified atom stereocenters. The monoisotopic (exact) mass is 451 g/mol. The second-order valence-corrected chi connectivity index (χ2v) is 8.19. The molecule has 1 aliphatic rings. The minimum absolute atomic E-state index is 0.0889. The minimum Gasteiger partial charge on any atom is -0.477 e. The van der Waals surface area contributed by atoms with Crippen molar-refractivity contribution in [1.29, 1.82) is 0 Å². The summed E-state index contributed by atoms with van der Waals surface area (Å²) in [6, 6.07) is 21.9. The number of carboxylic acids is 1. The SMILES string of the molecule is O=C(O)c1cccnc1OCCN1CCN(C(c2ccccc2)c2ccc(Cl)cc2)CC1. The molecule has 166 valence electrons. The maximum Gasteiger partial charge on any atom is 0.341 e. The van der Waals surface area contributed by atoms with Crippen molar-refractivity contribution in [2.75, 3.05) is 39.3 Å². The van der Waals surface area contributed by atoms with Gasteiger partial charge in [-0.3, -0.25) is 9.80 Å². The first-order chi connectivity index (χ1) is 15.6. The van der Waals surface area contributed by atoms with E-state index >= 15 is 0 Å². The molecule has 1 fully saturated rings. The lowest BCUT2D eigenvalue weighted by molar-refractivity contribution is 0.0688. The van der Waals surface area contributed by atoms with Crippen LogP contribution in [0.15, 0.2) is 72.9 Å². The minimum atomic E-state index is -1.03. The number of pyridine rings is 1. The molecule has 7 heteroatoms. The fourth-order valence-electron chi connectivity index (χ4n) is 4.08. The van der Waals surface area contributed by atoms with Crippen LogP contribution in [0.4, 0.5) is 0 Å². The summed E-state index contributed by atoms with van der Waals surface area (Å²) in [6.07, 6.45) is 1.54. The third-order valence-corrected chi connectivity index (χ3v) is 5.97. The summed E-state index contributed by atoms with van der Waals surface area (Å²) in [5.74, 6) is -0.860. The molecule has 32 heavy (non-hydrogen) atoms. The van der Waals surface area contributed by atoms with Crippen LogP contribution in [0.5, 0.6) is 5.88 Å². The molecule has 1 N–H and O–H groups in total. The van der Waals surface area contributed by atoms with E-state index in [1.807, 2.05) is 18.2 Å². The molecule has 6 nitrogen and oxygen atoms in total. The predicted octanol–water partition coefficient (Wildman–Crippen LogP) is 4.22. The Morgan fingerprint density at radius 3 is 2.34 bits per heavy atom. The largest absolute Gasteiger partial charge is 0.477 e. The van der Waals surface area contributed by atoms with Crippen molar-refractivity contribution in [3.8, 4) is 5.88 Å². The molecule has 0 saturated carbocycles. The second kappa shape index (κ2) is 10.6. The molecule has 0 aliphatic carbocycles. The summed E-state index contributed by atoms with van der Waals surface area (Å²) >= 11 is 6.12.